The minimum absolute atomic E-state index is 0.0157. The highest BCUT2D eigenvalue weighted by Crippen LogP contribution is 2.30. The molecular formula is C22H32N2O6. The molecule has 0 aromatic heterocycles. The lowest BCUT2D eigenvalue weighted by Crippen LogP contribution is -2.26. The van der Waals surface area contributed by atoms with E-state index in [1.165, 1.54) is 0 Å². The van der Waals surface area contributed by atoms with Crippen molar-refractivity contribution in [1.29, 1.82) is 0 Å². The van der Waals surface area contributed by atoms with Crippen molar-refractivity contribution < 1.29 is 28.6 Å². The number of anilines is 2. The number of esters is 2. The van der Waals surface area contributed by atoms with Crippen molar-refractivity contribution >= 4 is 29.4 Å². The standard InChI is InChI=1S/C22H32N2O6/c1-22(2,3)30-19(25)15-28-14-6-4-5-13-23-17-9-11-18(12-10-17)24-21(27)29-20(26)16-7-8-16/h9-12,16,23H,4-8,13-15H2,1-3H3,(H,24,27). The maximum absolute atomic E-state index is 11.7. The van der Waals surface area contributed by atoms with Crippen LogP contribution < -0.4 is 10.6 Å². The number of unbranched alkanes of at least 4 members (excludes halogenated alkanes) is 2. The summed E-state index contributed by atoms with van der Waals surface area (Å²) in [6, 6.07) is 7.19. The van der Waals surface area contributed by atoms with Crippen LogP contribution in [0.15, 0.2) is 24.3 Å². The lowest BCUT2D eigenvalue weighted by Gasteiger charge is -2.19. The van der Waals surface area contributed by atoms with Gasteiger partial charge in [0.1, 0.15) is 12.2 Å². The molecular weight excluding hydrogens is 388 g/mol. The molecule has 0 radical (unpaired) electrons. The smallest absolute Gasteiger partial charge is 0.419 e. The van der Waals surface area contributed by atoms with Crippen LogP contribution in [0.2, 0.25) is 0 Å². The van der Waals surface area contributed by atoms with Crippen molar-refractivity contribution in [2.24, 2.45) is 5.92 Å². The van der Waals surface area contributed by atoms with Gasteiger partial charge < -0.3 is 19.5 Å². The molecule has 8 heteroatoms. The van der Waals surface area contributed by atoms with Crippen LogP contribution in [0.5, 0.6) is 0 Å². The molecule has 1 amide bonds. The van der Waals surface area contributed by atoms with E-state index in [4.69, 9.17) is 14.2 Å². The van der Waals surface area contributed by atoms with Gasteiger partial charge in [-0.3, -0.25) is 10.1 Å². The highest BCUT2D eigenvalue weighted by atomic mass is 16.6. The van der Waals surface area contributed by atoms with Crippen molar-refractivity contribution in [2.45, 2.75) is 58.5 Å². The molecule has 0 heterocycles. The van der Waals surface area contributed by atoms with Crippen LogP contribution in [0, 0.1) is 5.92 Å². The highest BCUT2D eigenvalue weighted by Gasteiger charge is 2.32. The van der Waals surface area contributed by atoms with Crippen LogP contribution in [0.3, 0.4) is 0 Å². The molecule has 30 heavy (non-hydrogen) atoms. The number of carbonyl (C=O) groups excluding carboxylic acids is 3. The van der Waals surface area contributed by atoms with E-state index in [1.807, 2.05) is 32.9 Å². The van der Waals surface area contributed by atoms with Crippen LogP contribution in [0.25, 0.3) is 0 Å². The Bertz CT molecular complexity index is 707. The van der Waals surface area contributed by atoms with Gasteiger partial charge in [0, 0.05) is 24.5 Å². The topological polar surface area (TPSA) is 103 Å². The average molecular weight is 421 g/mol. The molecule has 0 atom stereocenters. The van der Waals surface area contributed by atoms with E-state index >= 15 is 0 Å². The van der Waals surface area contributed by atoms with Gasteiger partial charge in [0.15, 0.2) is 0 Å². The van der Waals surface area contributed by atoms with Gasteiger partial charge in [-0.15, -0.1) is 0 Å². The van der Waals surface area contributed by atoms with E-state index < -0.39 is 17.7 Å². The van der Waals surface area contributed by atoms with Crippen LogP contribution in [-0.2, 0) is 23.8 Å². The maximum Gasteiger partial charge on any atom is 0.419 e. The van der Waals surface area contributed by atoms with Crippen LogP contribution in [-0.4, -0.2) is 43.4 Å². The number of ether oxygens (including phenoxy) is 3. The van der Waals surface area contributed by atoms with Gasteiger partial charge in [-0.1, -0.05) is 0 Å². The van der Waals surface area contributed by atoms with E-state index in [-0.39, 0.29) is 18.5 Å². The molecule has 0 spiro atoms. The molecule has 0 saturated heterocycles. The first-order chi connectivity index (χ1) is 14.2. The SMILES string of the molecule is CC(C)(C)OC(=O)COCCCCCNc1ccc(NC(=O)OC(=O)C2CC2)cc1. The molecule has 1 aliphatic carbocycles. The number of nitrogens with one attached hydrogen (secondary N) is 2. The normalized spacial score (nSPS) is 13.4. The zero-order valence-corrected chi connectivity index (χ0v) is 18.0. The zero-order chi connectivity index (χ0) is 22.0. The number of benzene rings is 1. The third-order valence-electron chi connectivity index (χ3n) is 4.17. The summed E-state index contributed by atoms with van der Waals surface area (Å²) in [4.78, 5) is 34.6. The fourth-order valence-corrected chi connectivity index (χ4v) is 2.57. The number of carbonyl (C=O) groups is 3. The van der Waals surface area contributed by atoms with Crippen molar-refractivity contribution in [3.05, 3.63) is 24.3 Å². The zero-order valence-electron chi connectivity index (χ0n) is 18.0. The Kier molecular flexibility index (Phi) is 9.11. The summed E-state index contributed by atoms with van der Waals surface area (Å²) in [5, 5.41) is 5.84. The Morgan fingerprint density at radius 3 is 2.30 bits per heavy atom. The van der Waals surface area contributed by atoms with Crippen molar-refractivity contribution in [2.75, 3.05) is 30.4 Å². The Balaban J connectivity index is 1.50. The summed E-state index contributed by atoms with van der Waals surface area (Å²) in [6.45, 7) is 6.80. The fraction of sp³-hybridized carbons (Fsp3) is 0.591. The van der Waals surface area contributed by atoms with Crippen LogP contribution >= 0.6 is 0 Å². The average Bonchev–Trinajstić information content (AvgIpc) is 3.49. The molecule has 1 aliphatic rings. The summed E-state index contributed by atoms with van der Waals surface area (Å²) in [6.07, 6.45) is 3.65. The first kappa shape index (κ1) is 23.7. The number of rotatable bonds is 11. The molecule has 0 aliphatic heterocycles. The lowest BCUT2D eigenvalue weighted by molar-refractivity contribution is -0.160. The van der Waals surface area contributed by atoms with Crippen molar-refractivity contribution in [3.8, 4) is 0 Å². The number of hydrogen-bond donors (Lipinski definition) is 2. The van der Waals surface area contributed by atoms with Gasteiger partial charge in [0.05, 0.1) is 5.92 Å². The van der Waals surface area contributed by atoms with Gasteiger partial charge in [-0.25, -0.2) is 9.59 Å². The summed E-state index contributed by atoms with van der Waals surface area (Å²) in [5.74, 6) is -0.912. The van der Waals surface area contributed by atoms with E-state index in [0.717, 1.165) is 44.3 Å². The quantitative estimate of drug-likeness (QED) is 0.315. The number of amides is 1. The second-order valence-electron chi connectivity index (χ2n) is 8.31. The predicted molar refractivity (Wildman–Crippen MR) is 113 cm³/mol. The van der Waals surface area contributed by atoms with Crippen LogP contribution in [0.4, 0.5) is 16.2 Å². The van der Waals surface area contributed by atoms with Gasteiger partial charge >= 0.3 is 18.0 Å². The minimum atomic E-state index is -0.749. The third kappa shape index (κ3) is 10.2. The summed E-state index contributed by atoms with van der Waals surface area (Å²) in [7, 11) is 0. The lowest BCUT2D eigenvalue weighted by atomic mass is 10.2. The van der Waals surface area contributed by atoms with Gasteiger partial charge in [0.25, 0.3) is 0 Å². The molecule has 8 nitrogen and oxygen atoms in total. The highest BCUT2D eigenvalue weighted by molar-refractivity contribution is 5.94. The molecule has 0 unspecified atom stereocenters. The molecule has 2 rings (SSSR count). The summed E-state index contributed by atoms with van der Waals surface area (Å²) in [5.41, 5.74) is 1.01. The second-order valence-corrected chi connectivity index (χ2v) is 8.31. The molecule has 1 aromatic rings. The predicted octanol–water partition coefficient (Wildman–Crippen LogP) is 4.11. The molecule has 1 fully saturated rings. The Morgan fingerprint density at radius 2 is 1.67 bits per heavy atom. The largest absolute Gasteiger partial charge is 0.458 e. The Labute approximate surface area is 177 Å². The van der Waals surface area contributed by atoms with Gasteiger partial charge in [-0.05, 0) is 77.1 Å². The molecule has 2 N–H and O–H groups in total. The Morgan fingerprint density at radius 1 is 1.00 bits per heavy atom. The minimum Gasteiger partial charge on any atom is -0.458 e. The summed E-state index contributed by atoms with van der Waals surface area (Å²) < 4.78 is 15.2. The first-order valence-electron chi connectivity index (χ1n) is 10.4. The van der Waals surface area contributed by atoms with Gasteiger partial charge in [0.2, 0.25) is 0 Å². The van der Waals surface area contributed by atoms with E-state index in [2.05, 4.69) is 10.6 Å². The third-order valence-corrected chi connectivity index (χ3v) is 4.17. The maximum atomic E-state index is 11.7. The number of hydrogen-bond acceptors (Lipinski definition) is 7. The van der Waals surface area contributed by atoms with E-state index in [0.29, 0.717) is 12.3 Å². The monoisotopic (exact) mass is 420 g/mol. The van der Waals surface area contributed by atoms with E-state index in [9.17, 15) is 14.4 Å². The molecule has 1 aromatic carbocycles. The van der Waals surface area contributed by atoms with Crippen molar-refractivity contribution in [3.63, 3.8) is 0 Å². The fourth-order valence-electron chi connectivity index (χ4n) is 2.57. The summed E-state index contributed by atoms with van der Waals surface area (Å²) >= 11 is 0. The van der Waals surface area contributed by atoms with Gasteiger partial charge in [-0.2, -0.15) is 0 Å². The molecule has 0 bridgehead atoms. The van der Waals surface area contributed by atoms with Crippen LogP contribution in [0.1, 0.15) is 52.9 Å². The van der Waals surface area contributed by atoms with Crippen molar-refractivity contribution in [1.82, 2.24) is 0 Å². The molecule has 166 valence electrons. The first-order valence-corrected chi connectivity index (χ1v) is 10.4. The van der Waals surface area contributed by atoms with E-state index in [1.54, 1.807) is 12.1 Å². The Hall–Kier alpha value is -2.61. The second kappa shape index (κ2) is 11.5. The molecule has 1 saturated carbocycles.